The first-order valence-electron chi connectivity index (χ1n) is 26.1. The third kappa shape index (κ3) is 17.9. The van der Waals surface area contributed by atoms with Gasteiger partial charge in [0.1, 0.15) is 0 Å². The van der Waals surface area contributed by atoms with Crippen molar-refractivity contribution in [3.8, 4) is 0 Å². The summed E-state index contributed by atoms with van der Waals surface area (Å²) in [6.07, 6.45) is 22.2. The van der Waals surface area contributed by atoms with Crippen LogP contribution in [0.5, 0.6) is 0 Å². The molecule has 0 spiro atoms. The molecular formula is C57H72N10O6. The second-order valence-electron chi connectivity index (χ2n) is 18.3. The minimum atomic E-state index is -0.388. The van der Waals surface area contributed by atoms with E-state index in [-0.39, 0.29) is 53.7 Å². The number of hydrogen-bond donors (Lipinski definition) is 3. The lowest BCUT2D eigenvalue weighted by Crippen LogP contribution is -2.49. The first kappa shape index (κ1) is 54.8. The van der Waals surface area contributed by atoms with Gasteiger partial charge in [0, 0.05) is 35.3 Å². The molecular weight excluding hydrogens is 921 g/mol. The molecule has 0 aliphatic carbocycles. The Balaban J connectivity index is 1.18. The Bertz CT molecular complexity index is 2520. The van der Waals surface area contributed by atoms with Crippen molar-refractivity contribution < 1.29 is 28.6 Å². The summed E-state index contributed by atoms with van der Waals surface area (Å²) >= 11 is 0. The molecule has 0 saturated carbocycles. The first-order valence-corrected chi connectivity index (χ1v) is 26.1. The summed E-state index contributed by atoms with van der Waals surface area (Å²) in [5.74, 6) is 1.24. The number of ether oxygens (including phenoxy) is 3. The number of anilines is 3. The summed E-state index contributed by atoms with van der Waals surface area (Å²) in [7, 11) is 0. The average Bonchev–Trinajstić information content (AvgIpc) is 3.40. The normalized spacial score (nSPS) is 15.3. The molecule has 0 aromatic heterocycles. The fraction of sp³-hybridized carbons (Fsp3) is 0.421. The molecule has 3 aromatic rings. The minimum Gasteiger partial charge on any atom is -0.462 e. The maximum absolute atomic E-state index is 12.6. The maximum Gasteiger partial charge on any atom is 0.330 e. The minimum absolute atomic E-state index is 0.204. The van der Waals surface area contributed by atoms with Gasteiger partial charge in [-0.15, -0.1) is 0 Å². The van der Waals surface area contributed by atoms with E-state index in [2.05, 4.69) is 57.5 Å². The van der Waals surface area contributed by atoms with Crippen molar-refractivity contribution in [3.05, 3.63) is 108 Å². The molecule has 386 valence electrons. The van der Waals surface area contributed by atoms with Gasteiger partial charge < -0.3 is 30.2 Å². The Morgan fingerprint density at radius 1 is 0.466 bits per heavy atom. The average molecular weight is 993 g/mol. The van der Waals surface area contributed by atoms with Crippen molar-refractivity contribution in [2.45, 2.75) is 119 Å². The lowest BCUT2D eigenvalue weighted by atomic mass is 10.0. The summed E-state index contributed by atoms with van der Waals surface area (Å²) in [5, 5.41) is 9.81. The highest BCUT2D eigenvalue weighted by molar-refractivity contribution is 6.32. The van der Waals surface area contributed by atoms with Gasteiger partial charge in [-0.25, -0.2) is 19.3 Å². The van der Waals surface area contributed by atoms with Crippen LogP contribution in [-0.2, 0) is 28.6 Å². The van der Waals surface area contributed by atoms with E-state index in [1.165, 1.54) is 18.2 Å². The number of unbranched alkanes of at least 4 members (excludes halogenated alkanes) is 3. The van der Waals surface area contributed by atoms with Crippen molar-refractivity contribution in [1.29, 1.82) is 0 Å². The van der Waals surface area contributed by atoms with E-state index < -0.39 is 0 Å². The number of benzene rings is 3. The summed E-state index contributed by atoms with van der Waals surface area (Å²) < 4.78 is 16.6. The third-order valence-corrected chi connectivity index (χ3v) is 12.6. The number of aliphatic imine (C=N–C) groups is 6. The summed E-state index contributed by atoms with van der Waals surface area (Å²) in [4.78, 5) is 67.7. The zero-order valence-electron chi connectivity index (χ0n) is 43.3. The molecule has 3 aromatic carbocycles. The largest absolute Gasteiger partial charge is 0.462 e. The molecule has 0 bridgehead atoms. The molecule has 3 unspecified atom stereocenters. The number of carbonyl (C=O) groups is 3. The molecule has 3 aliphatic heterocycles. The van der Waals surface area contributed by atoms with E-state index in [0.29, 0.717) is 54.6 Å². The van der Waals surface area contributed by atoms with Crippen LogP contribution in [0.4, 0.5) is 17.1 Å². The highest BCUT2D eigenvalue weighted by atomic mass is 16.5. The van der Waals surface area contributed by atoms with Gasteiger partial charge in [0.2, 0.25) is 35.8 Å². The van der Waals surface area contributed by atoms with Crippen LogP contribution in [0.15, 0.2) is 121 Å². The van der Waals surface area contributed by atoms with E-state index in [1.807, 2.05) is 72.8 Å². The number of carbonyl (C=O) groups excluding carboxylic acids is 3. The molecule has 16 heteroatoms. The highest BCUT2D eigenvalue weighted by Crippen LogP contribution is 2.23. The quantitative estimate of drug-likeness (QED) is 0.0376. The van der Waals surface area contributed by atoms with Gasteiger partial charge in [0.25, 0.3) is 0 Å². The molecule has 73 heavy (non-hydrogen) atoms. The maximum atomic E-state index is 12.6. The fourth-order valence-corrected chi connectivity index (χ4v) is 7.85. The van der Waals surface area contributed by atoms with Crippen LogP contribution >= 0.6 is 0 Å². The molecule has 3 N–H and O–H groups in total. The number of nitrogens with zero attached hydrogens (tertiary/aromatic N) is 7. The van der Waals surface area contributed by atoms with Crippen molar-refractivity contribution in [1.82, 2.24) is 4.90 Å². The van der Waals surface area contributed by atoms with Crippen LogP contribution in [0, 0.1) is 17.8 Å². The molecule has 16 nitrogen and oxygen atoms in total. The smallest absolute Gasteiger partial charge is 0.330 e. The summed E-state index contributed by atoms with van der Waals surface area (Å²) in [6.45, 7) is 14.1. The molecule has 0 saturated heterocycles. The second-order valence-corrected chi connectivity index (χ2v) is 18.3. The fourth-order valence-electron chi connectivity index (χ4n) is 7.85. The predicted molar refractivity (Wildman–Crippen MR) is 297 cm³/mol. The van der Waals surface area contributed by atoms with Crippen LogP contribution in [-0.4, -0.2) is 78.4 Å². The Morgan fingerprint density at radius 2 is 0.822 bits per heavy atom. The number of hydrogen-bond acceptors (Lipinski definition) is 16. The summed E-state index contributed by atoms with van der Waals surface area (Å²) in [5.41, 5.74) is 4.42. The Morgan fingerprint density at radius 3 is 1.18 bits per heavy atom. The highest BCUT2D eigenvalue weighted by Gasteiger charge is 2.35. The van der Waals surface area contributed by atoms with Gasteiger partial charge >= 0.3 is 17.9 Å². The molecule has 3 atom stereocenters. The van der Waals surface area contributed by atoms with E-state index in [9.17, 15) is 14.4 Å². The number of esters is 3. The molecule has 0 fully saturated rings. The molecule has 3 aliphatic rings. The van der Waals surface area contributed by atoms with Crippen molar-refractivity contribution in [3.63, 3.8) is 0 Å². The van der Waals surface area contributed by atoms with Crippen LogP contribution in [0.1, 0.15) is 135 Å². The van der Waals surface area contributed by atoms with Gasteiger partial charge in [-0.1, -0.05) is 136 Å². The second kappa shape index (κ2) is 29.1. The molecule has 3 heterocycles. The van der Waals surface area contributed by atoms with Gasteiger partial charge in [0.05, 0.1) is 19.8 Å². The van der Waals surface area contributed by atoms with Crippen molar-refractivity contribution in [2.75, 3.05) is 35.8 Å². The van der Waals surface area contributed by atoms with Crippen molar-refractivity contribution in [2.24, 2.45) is 47.7 Å². The Kier molecular flexibility index (Phi) is 21.9. The monoisotopic (exact) mass is 993 g/mol. The Hall–Kier alpha value is -7.49. The van der Waals surface area contributed by atoms with E-state index in [4.69, 9.17) is 44.2 Å². The lowest BCUT2D eigenvalue weighted by Gasteiger charge is -2.30. The zero-order valence-corrected chi connectivity index (χ0v) is 43.3. The van der Waals surface area contributed by atoms with Crippen LogP contribution < -0.4 is 16.0 Å². The zero-order chi connectivity index (χ0) is 51.8. The molecule has 0 radical (unpaired) electrons. The van der Waals surface area contributed by atoms with Crippen LogP contribution in [0.25, 0.3) is 18.2 Å². The van der Waals surface area contributed by atoms with Crippen LogP contribution in [0.2, 0.25) is 0 Å². The van der Waals surface area contributed by atoms with Crippen LogP contribution in [0.3, 0.4) is 0 Å². The molecule has 6 rings (SSSR count). The Labute approximate surface area is 430 Å². The standard InChI is InChI=1S/C57H72N10O6/c1-7-13-17-40(10-4)37-71-49(68)33-26-43-22-29-46(30-23-43)58-52-61-55-62-53(59-47-31-24-44(25-32-47)27-34-50(69)72-38-41(11-5)18-14-8-2)64-57-66-54(65-56(63-52)67(55)57)60-48-21-16-20-45(36-48)28-35-51(70)73-39-42(12-6)19-15-9-3/h16,20-36,40-42H,7-15,17-19,37-39H2,1-6H3,(H3,58,59,60,61,62,63,64,65,66). The van der Waals surface area contributed by atoms with Gasteiger partial charge in [-0.05, 0) is 108 Å². The summed E-state index contributed by atoms with van der Waals surface area (Å²) in [6, 6.07) is 22.4. The van der Waals surface area contributed by atoms with E-state index in [0.717, 1.165) is 93.7 Å². The molecule has 0 amide bonds. The third-order valence-electron chi connectivity index (χ3n) is 12.6. The lowest BCUT2D eigenvalue weighted by molar-refractivity contribution is -0.140. The number of rotatable bonds is 27. The predicted octanol–water partition coefficient (Wildman–Crippen LogP) is 12.1. The topological polar surface area (TPSA) is 192 Å². The first-order chi connectivity index (χ1) is 35.6. The van der Waals surface area contributed by atoms with Gasteiger partial charge in [-0.2, -0.15) is 30.0 Å². The SMILES string of the molecule is CCCCC(CC)COC(=O)C=Cc1ccc(NC2=NC3=NC(Nc4ccc(C=CC(=O)OCC(CC)CCCC)cc4)=NC4=NC(Nc5cccc(C=CC(=O)OCC(CC)CCCC)c5)=NC(=N2)N34)cc1. The van der Waals surface area contributed by atoms with Gasteiger partial charge in [-0.3, -0.25) is 0 Å². The van der Waals surface area contributed by atoms with E-state index >= 15 is 0 Å². The van der Waals surface area contributed by atoms with E-state index in [1.54, 1.807) is 23.1 Å². The van der Waals surface area contributed by atoms with Crippen molar-refractivity contribution >= 4 is 89.0 Å². The van der Waals surface area contributed by atoms with Gasteiger partial charge in [0.15, 0.2) is 0 Å². The number of nitrogens with one attached hydrogen (secondary N) is 3. The number of guanidine groups is 6.